The quantitative estimate of drug-likeness (QED) is 0.728. The van der Waals surface area contributed by atoms with Crippen LogP contribution in [-0.4, -0.2) is 72.2 Å². The van der Waals surface area contributed by atoms with Crippen LogP contribution in [0.5, 0.6) is 5.75 Å². The van der Waals surface area contributed by atoms with Crippen LogP contribution in [0.2, 0.25) is 0 Å². The van der Waals surface area contributed by atoms with E-state index in [2.05, 4.69) is 24.1 Å². The fraction of sp³-hybridized carbons (Fsp3) is 0.680. The molecule has 2 N–H and O–H groups in total. The second-order valence-corrected chi connectivity index (χ2v) is 9.41. The summed E-state index contributed by atoms with van der Waals surface area (Å²) in [5.74, 6) is 1.22. The van der Waals surface area contributed by atoms with E-state index in [1.165, 1.54) is 0 Å². The number of hydrogen-bond donors (Lipinski definition) is 2. The lowest BCUT2D eigenvalue weighted by Crippen LogP contribution is -2.40. The number of carbonyl (C=O) groups excluding carboxylic acids is 2. The molecule has 1 unspecified atom stereocenters. The molecule has 2 heterocycles. The summed E-state index contributed by atoms with van der Waals surface area (Å²) in [6.07, 6.45) is 5.53. The molecule has 32 heavy (non-hydrogen) atoms. The fourth-order valence-electron chi connectivity index (χ4n) is 4.46. The van der Waals surface area contributed by atoms with Crippen molar-refractivity contribution >= 4 is 11.8 Å². The summed E-state index contributed by atoms with van der Waals surface area (Å²) in [6.45, 7) is 7.83. The molecule has 1 saturated heterocycles. The number of rotatable bonds is 5. The first-order chi connectivity index (χ1) is 15.5. The Morgan fingerprint density at radius 2 is 2.06 bits per heavy atom. The van der Waals surface area contributed by atoms with Gasteiger partial charge in [0.2, 0.25) is 5.91 Å². The molecule has 3 rings (SSSR count). The Morgan fingerprint density at radius 1 is 1.22 bits per heavy atom. The average Bonchev–Trinajstić information content (AvgIpc) is 3.25. The molecule has 0 aliphatic carbocycles. The van der Waals surface area contributed by atoms with Gasteiger partial charge in [-0.05, 0) is 63.1 Å². The number of likely N-dealkylation sites (tertiary alicyclic amines) is 1. The van der Waals surface area contributed by atoms with E-state index in [-0.39, 0.29) is 24.5 Å². The molecule has 0 radical (unpaired) electrons. The minimum Gasteiger partial charge on any atom is -0.493 e. The highest BCUT2D eigenvalue weighted by Gasteiger charge is 2.31. The van der Waals surface area contributed by atoms with Gasteiger partial charge < -0.3 is 20.1 Å². The summed E-state index contributed by atoms with van der Waals surface area (Å²) >= 11 is 0. The van der Waals surface area contributed by atoms with E-state index < -0.39 is 0 Å². The Labute approximate surface area is 192 Å². The number of ether oxygens (including phenoxy) is 1. The molecule has 7 nitrogen and oxygen atoms in total. The SMILES string of the molecule is CC(C)CCN1CC(=O)NCCCCCOc2cccc(C(=O)N3CCCC3CO)c2C1. The van der Waals surface area contributed by atoms with Crippen molar-refractivity contribution in [1.29, 1.82) is 0 Å². The summed E-state index contributed by atoms with van der Waals surface area (Å²) in [7, 11) is 0. The predicted molar refractivity (Wildman–Crippen MR) is 125 cm³/mol. The summed E-state index contributed by atoms with van der Waals surface area (Å²) in [5, 5.41) is 12.8. The molecule has 1 fully saturated rings. The Balaban J connectivity index is 1.93. The number of hydrogen-bond acceptors (Lipinski definition) is 5. The fourth-order valence-corrected chi connectivity index (χ4v) is 4.46. The molecule has 0 spiro atoms. The van der Waals surface area contributed by atoms with E-state index in [4.69, 9.17) is 4.74 Å². The van der Waals surface area contributed by atoms with Crippen molar-refractivity contribution < 1.29 is 19.4 Å². The summed E-state index contributed by atoms with van der Waals surface area (Å²) < 4.78 is 6.16. The molecule has 7 heteroatoms. The normalized spacial score (nSPS) is 21.2. The highest BCUT2D eigenvalue weighted by molar-refractivity contribution is 5.96. The average molecular weight is 446 g/mol. The van der Waals surface area contributed by atoms with E-state index in [9.17, 15) is 14.7 Å². The zero-order valence-electron chi connectivity index (χ0n) is 19.6. The number of nitrogens with one attached hydrogen (secondary N) is 1. The van der Waals surface area contributed by atoms with Crippen LogP contribution in [0.3, 0.4) is 0 Å². The number of benzene rings is 1. The molecule has 1 aromatic rings. The second-order valence-electron chi connectivity index (χ2n) is 9.41. The maximum atomic E-state index is 13.5. The van der Waals surface area contributed by atoms with Crippen LogP contribution in [0.4, 0.5) is 0 Å². The smallest absolute Gasteiger partial charge is 0.254 e. The number of amides is 2. The minimum atomic E-state index is -0.128. The lowest BCUT2D eigenvalue weighted by molar-refractivity contribution is -0.122. The molecular weight excluding hydrogens is 406 g/mol. The number of fused-ring (bicyclic) bond motifs is 1. The first kappa shape index (κ1) is 24.5. The van der Waals surface area contributed by atoms with Gasteiger partial charge in [-0.2, -0.15) is 0 Å². The molecule has 0 bridgehead atoms. The Hall–Kier alpha value is -2.12. The maximum Gasteiger partial charge on any atom is 0.254 e. The second kappa shape index (κ2) is 12.2. The van der Waals surface area contributed by atoms with E-state index >= 15 is 0 Å². The predicted octanol–water partition coefficient (Wildman–Crippen LogP) is 2.81. The monoisotopic (exact) mass is 445 g/mol. The molecule has 0 saturated carbocycles. The van der Waals surface area contributed by atoms with Gasteiger partial charge in [0.05, 0.1) is 25.8 Å². The maximum absolute atomic E-state index is 13.5. The summed E-state index contributed by atoms with van der Waals surface area (Å²) in [5.41, 5.74) is 1.46. The van der Waals surface area contributed by atoms with Crippen molar-refractivity contribution in [2.45, 2.75) is 65.0 Å². The number of aliphatic hydroxyl groups excluding tert-OH is 1. The van der Waals surface area contributed by atoms with Crippen molar-refractivity contribution in [2.24, 2.45) is 5.92 Å². The first-order valence-corrected chi connectivity index (χ1v) is 12.1. The zero-order chi connectivity index (χ0) is 22.9. The van der Waals surface area contributed by atoms with E-state index in [0.717, 1.165) is 56.4 Å². The van der Waals surface area contributed by atoms with Crippen LogP contribution in [0.25, 0.3) is 0 Å². The van der Waals surface area contributed by atoms with Gasteiger partial charge in [-0.25, -0.2) is 0 Å². The van der Waals surface area contributed by atoms with Gasteiger partial charge in [0.1, 0.15) is 5.75 Å². The molecular formula is C25H39N3O4. The molecule has 2 aliphatic rings. The zero-order valence-corrected chi connectivity index (χ0v) is 19.6. The lowest BCUT2D eigenvalue weighted by atomic mass is 10.0. The Morgan fingerprint density at radius 3 is 2.84 bits per heavy atom. The molecule has 2 amide bonds. The van der Waals surface area contributed by atoms with E-state index in [1.54, 1.807) is 4.90 Å². The lowest BCUT2D eigenvalue weighted by Gasteiger charge is -2.28. The number of carbonyl (C=O) groups is 2. The van der Waals surface area contributed by atoms with Gasteiger partial charge in [-0.15, -0.1) is 0 Å². The topological polar surface area (TPSA) is 82.1 Å². The molecule has 1 atom stereocenters. The van der Waals surface area contributed by atoms with Gasteiger partial charge in [-0.3, -0.25) is 14.5 Å². The van der Waals surface area contributed by atoms with Crippen LogP contribution in [0.1, 0.15) is 68.3 Å². The number of nitrogens with zero attached hydrogens (tertiary/aromatic N) is 2. The molecule has 1 aromatic carbocycles. The van der Waals surface area contributed by atoms with Crippen molar-refractivity contribution in [3.63, 3.8) is 0 Å². The molecule has 2 aliphatic heterocycles. The van der Waals surface area contributed by atoms with Crippen molar-refractivity contribution in [3.05, 3.63) is 29.3 Å². The minimum absolute atomic E-state index is 0.0159. The Kier molecular flexibility index (Phi) is 9.36. The highest BCUT2D eigenvalue weighted by atomic mass is 16.5. The van der Waals surface area contributed by atoms with Gasteiger partial charge in [0, 0.05) is 30.8 Å². The van der Waals surface area contributed by atoms with E-state index in [1.807, 2.05) is 18.2 Å². The first-order valence-electron chi connectivity index (χ1n) is 12.1. The Bertz CT molecular complexity index is 768. The van der Waals surface area contributed by atoms with Crippen LogP contribution in [0, 0.1) is 5.92 Å². The van der Waals surface area contributed by atoms with Gasteiger partial charge in [0.25, 0.3) is 5.91 Å². The van der Waals surface area contributed by atoms with Gasteiger partial charge in [-0.1, -0.05) is 19.9 Å². The highest BCUT2D eigenvalue weighted by Crippen LogP contribution is 2.29. The van der Waals surface area contributed by atoms with Crippen LogP contribution >= 0.6 is 0 Å². The summed E-state index contributed by atoms with van der Waals surface area (Å²) in [4.78, 5) is 30.0. The van der Waals surface area contributed by atoms with Gasteiger partial charge in [0.15, 0.2) is 0 Å². The van der Waals surface area contributed by atoms with Crippen LogP contribution < -0.4 is 10.1 Å². The van der Waals surface area contributed by atoms with Crippen molar-refractivity contribution in [2.75, 3.05) is 39.4 Å². The van der Waals surface area contributed by atoms with Crippen LogP contribution in [-0.2, 0) is 11.3 Å². The van der Waals surface area contributed by atoms with Crippen molar-refractivity contribution in [3.8, 4) is 5.75 Å². The molecule has 178 valence electrons. The third kappa shape index (κ3) is 6.69. The van der Waals surface area contributed by atoms with Gasteiger partial charge >= 0.3 is 0 Å². The summed E-state index contributed by atoms with van der Waals surface area (Å²) in [6, 6.07) is 5.53. The largest absolute Gasteiger partial charge is 0.493 e. The van der Waals surface area contributed by atoms with E-state index in [0.29, 0.717) is 44.3 Å². The molecule has 0 aromatic heterocycles. The third-order valence-corrected chi connectivity index (χ3v) is 6.38. The van der Waals surface area contributed by atoms with Crippen molar-refractivity contribution in [1.82, 2.24) is 15.1 Å². The third-order valence-electron chi connectivity index (χ3n) is 6.38. The number of aliphatic hydroxyl groups is 1. The standard InChI is InChI=1S/C25H39N3O4/c1-19(2)11-14-27-16-22-21(25(31)28-13-7-8-20(28)18-29)9-6-10-23(22)32-15-5-3-4-12-26-24(30)17-27/h6,9-10,19-20,29H,3-5,7-8,11-18H2,1-2H3,(H,26,30). The van der Waals surface area contributed by atoms with Crippen LogP contribution in [0.15, 0.2) is 18.2 Å².